The summed E-state index contributed by atoms with van der Waals surface area (Å²) in [5, 5.41) is -0.207. The number of ether oxygens (including phenoxy) is 1. The molecule has 1 rings (SSSR count). The molecule has 1 atom stereocenters. The average Bonchev–Trinajstić information content (AvgIpc) is 2.52. The van der Waals surface area contributed by atoms with Crippen LogP contribution >= 0.6 is 11.6 Å². The molecule has 0 bridgehead atoms. The highest BCUT2D eigenvalue weighted by atomic mass is 35.5. The molecule has 0 saturated heterocycles. The molecule has 74 valence electrons. The molecule has 0 fully saturated rings. The molecule has 0 aliphatic rings. The van der Waals surface area contributed by atoms with Crippen molar-refractivity contribution in [2.75, 3.05) is 7.11 Å². The lowest BCUT2D eigenvalue weighted by atomic mass is 10.1. The third kappa shape index (κ3) is 2.23. The normalized spacial score (nSPS) is 14.5. The van der Waals surface area contributed by atoms with Gasteiger partial charge in [0.2, 0.25) is 5.89 Å². The van der Waals surface area contributed by atoms with E-state index in [9.17, 15) is 0 Å². The van der Waals surface area contributed by atoms with Crippen LogP contribution in [0.3, 0.4) is 0 Å². The lowest BCUT2D eigenvalue weighted by molar-refractivity contribution is 0.000109. The Morgan fingerprint density at radius 3 is 2.62 bits per heavy atom. The SMILES string of the molecule is COC(C)(C)c1cnc(C(C)Cl)o1. The first-order chi connectivity index (χ1) is 5.97. The molecule has 1 unspecified atom stereocenters. The number of rotatable bonds is 3. The van der Waals surface area contributed by atoms with Gasteiger partial charge in [0, 0.05) is 7.11 Å². The number of aromatic nitrogens is 1. The van der Waals surface area contributed by atoms with Crippen LogP contribution in [-0.4, -0.2) is 12.1 Å². The van der Waals surface area contributed by atoms with E-state index in [4.69, 9.17) is 20.8 Å². The van der Waals surface area contributed by atoms with E-state index in [2.05, 4.69) is 4.98 Å². The molecule has 3 nitrogen and oxygen atoms in total. The summed E-state index contributed by atoms with van der Waals surface area (Å²) in [7, 11) is 1.63. The Hall–Kier alpha value is -0.540. The first-order valence-corrected chi connectivity index (χ1v) is 4.56. The van der Waals surface area contributed by atoms with Crippen LogP contribution in [0.25, 0.3) is 0 Å². The molecular weight excluding hydrogens is 190 g/mol. The smallest absolute Gasteiger partial charge is 0.212 e. The van der Waals surface area contributed by atoms with Crippen molar-refractivity contribution < 1.29 is 9.15 Å². The van der Waals surface area contributed by atoms with Gasteiger partial charge in [0.15, 0.2) is 5.76 Å². The minimum absolute atomic E-state index is 0.207. The van der Waals surface area contributed by atoms with Gasteiger partial charge in [-0.25, -0.2) is 4.98 Å². The summed E-state index contributed by atoms with van der Waals surface area (Å²) in [5.41, 5.74) is -0.447. The zero-order valence-electron chi connectivity index (χ0n) is 8.30. The predicted molar refractivity (Wildman–Crippen MR) is 50.8 cm³/mol. The van der Waals surface area contributed by atoms with Crippen molar-refractivity contribution in [3.05, 3.63) is 17.8 Å². The third-order valence-corrected chi connectivity index (χ3v) is 2.15. The fraction of sp³-hybridized carbons (Fsp3) is 0.667. The summed E-state index contributed by atoms with van der Waals surface area (Å²) in [5.74, 6) is 1.22. The minimum Gasteiger partial charge on any atom is -0.441 e. The monoisotopic (exact) mass is 203 g/mol. The standard InChI is InChI=1S/C9H14ClNO2/c1-6(10)8-11-5-7(13-8)9(2,3)12-4/h5-6H,1-4H3. The number of nitrogens with zero attached hydrogens (tertiary/aromatic N) is 1. The zero-order chi connectivity index (χ0) is 10.1. The Morgan fingerprint density at radius 1 is 1.62 bits per heavy atom. The molecule has 0 saturated carbocycles. The molecule has 0 spiro atoms. The van der Waals surface area contributed by atoms with Crippen molar-refractivity contribution in [3.8, 4) is 0 Å². The van der Waals surface area contributed by atoms with Crippen molar-refractivity contribution in [2.24, 2.45) is 0 Å². The van der Waals surface area contributed by atoms with E-state index in [0.717, 1.165) is 0 Å². The molecule has 0 radical (unpaired) electrons. The summed E-state index contributed by atoms with van der Waals surface area (Å²) >= 11 is 5.81. The second-order valence-corrected chi connectivity index (χ2v) is 4.05. The van der Waals surface area contributed by atoms with Gasteiger partial charge in [-0.2, -0.15) is 0 Å². The largest absolute Gasteiger partial charge is 0.441 e. The third-order valence-electron chi connectivity index (χ3n) is 1.97. The Bertz CT molecular complexity index is 281. The van der Waals surface area contributed by atoms with Gasteiger partial charge < -0.3 is 9.15 Å². The van der Waals surface area contributed by atoms with Crippen LogP contribution < -0.4 is 0 Å². The van der Waals surface area contributed by atoms with E-state index >= 15 is 0 Å². The van der Waals surface area contributed by atoms with Crippen molar-refractivity contribution in [3.63, 3.8) is 0 Å². The van der Waals surface area contributed by atoms with Gasteiger partial charge in [0.25, 0.3) is 0 Å². The Kier molecular flexibility index (Phi) is 2.98. The lowest BCUT2D eigenvalue weighted by Gasteiger charge is -2.18. The number of hydrogen-bond acceptors (Lipinski definition) is 3. The van der Waals surface area contributed by atoms with Gasteiger partial charge >= 0.3 is 0 Å². The number of oxazole rings is 1. The first kappa shape index (κ1) is 10.5. The van der Waals surface area contributed by atoms with E-state index in [-0.39, 0.29) is 5.38 Å². The van der Waals surface area contributed by atoms with Gasteiger partial charge in [-0.1, -0.05) is 0 Å². The molecule has 1 heterocycles. The van der Waals surface area contributed by atoms with Gasteiger partial charge in [-0.05, 0) is 20.8 Å². The van der Waals surface area contributed by atoms with Crippen molar-refractivity contribution >= 4 is 11.6 Å². The minimum atomic E-state index is -0.447. The van der Waals surface area contributed by atoms with Crippen LogP contribution in [-0.2, 0) is 10.3 Å². The van der Waals surface area contributed by atoms with Crippen molar-refractivity contribution in [1.82, 2.24) is 4.98 Å². The quantitative estimate of drug-likeness (QED) is 0.709. The second-order valence-electron chi connectivity index (χ2n) is 3.39. The number of methoxy groups -OCH3 is 1. The Morgan fingerprint density at radius 2 is 2.23 bits per heavy atom. The topological polar surface area (TPSA) is 35.3 Å². The molecule has 13 heavy (non-hydrogen) atoms. The number of hydrogen-bond donors (Lipinski definition) is 0. The van der Waals surface area contributed by atoms with Crippen LogP contribution in [0.2, 0.25) is 0 Å². The summed E-state index contributed by atoms with van der Waals surface area (Å²) in [6, 6.07) is 0. The number of halogens is 1. The maximum atomic E-state index is 5.81. The van der Waals surface area contributed by atoms with E-state index in [1.165, 1.54) is 0 Å². The summed E-state index contributed by atoms with van der Waals surface area (Å²) < 4.78 is 10.7. The van der Waals surface area contributed by atoms with Gasteiger partial charge in [0.05, 0.1) is 6.20 Å². The van der Waals surface area contributed by atoms with Gasteiger partial charge in [-0.15, -0.1) is 11.6 Å². The Balaban J connectivity index is 2.91. The Labute approximate surface area is 83.1 Å². The molecule has 0 N–H and O–H groups in total. The van der Waals surface area contributed by atoms with Crippen LogP contribution in [0.4, 0.5) is 0 Å². The highest BCUT2D eigenvalue weighted by Gasteiger charge is 2.25. The van der Waals surface area contributed by atoms with Gasteiger partial charge in [-0.3, -0.25) is 0 Å². The maximum Gasteiger partial charge on any atom is 0.212 e. The van der Waals surface area contributed by atoms with Gasteiger partial charge in [0.1, 0.15) is 11.0 Å². The molecule has 0 aliphatic heterocycles. The first-order valence-electron chi connectivity index (χ1n) is 4.13. The van der Waals surface area contributed by atoms with Crippen LogP contribution in [0.1, 0.15) is 37.8 Å². The van der Waals surface area contributed by atoms with Crippen LogP contribution in [0, 0.1) is 0 Å². The van der Waals surface area contributed by atoms with E-state index in [0.29, 0.717) is 11.7 Å². The molecular formula is C9H14ClNO2. The zero-order valence-corrected chi connectivity index (χ0v) is 9.05. The summed E-state index contributed by atoms with van der Waals surface area (Å²) in [6.07, 6.45) is 1.65. The molecule has 0 aliphatic carbocycles. The van der Waals surface area contributed by atoms with Crippen LogP contribution in [0.5, 0.6) is 0 Å². The lowest BCUT2D eigenvalue weighted by Crippen LogP contribution is -2.18. The average molecular weight is 204 g/mol. The maximum absolute atomic E-state index is 5.81. The van der Waals surface area contributed by atoms with E-state index < -0.39 is 5.60 Å². The molecule has 1 aromatic heterocycles. The molecule has 1 aromatic rings. The molecule has 0 amide bonds. The fourth-order valence-electron chi connectivity index (χ4n) is 0.850. The van der Waals surface area contributed by atoms with Crippen molar-refractivity contribution in [2.45, 2.75) is 31.7 Å². The highest BCUT2D eigenvalue weighted by Crippen LogP contribution is 2.27. The van der Waals surface area contributed by atoms with E-state index in [1.54, 1.807) is 13.3 Å². The number of alkyl halides is 1. The summed E-state index contributed by atoms with van der Waals surface area (Å²) in [6.45, 7) is 5.64. The van der Waals surface area contributed by atoms with Crippen LogP contribution in [0.15, 0.2) is 10.6 Å². The van der Waals surface area contributed by atoms with Crippen molar-refractivity contribution in [1.29, 1.82) is 0 Å². The van der Waals surface area contributed by atoms with E-state index in [1.807, 2.05) is 20.8 Å². The highest BCUT2D eigenvalue weighted by molar-refractivity contribution is 6.20. The predicted octanol–water partition coefficient (Wildman–Crippen LogP) is 2.86. The second kappa shape index (κ2) is 3.68. The molecule has 4 heteroatoms. The summed E-state index contributed by atoms with van der Waals surface area (Å²) in [4.78, 5) is 4.05. The molecule has 0 aromatic carbocycles. The fourth-order valence-corrected chi connectivity index (χ4v) is 0.951.